The average Bonchev–Trinajstić information content (AvgIpc) is 3.00. The van der Waals surface area contributed by atoms with Crippen molar-refractivity contribution in [3.8, 4) is 5.69 Å². The summed E-state index contributed by atoms with van der Waals surface area (Å²) in [5, 5.41) is 7.41. The van der Waals surface area contributed by atoms with E-state index in [-0.39, 0.29) is 5.56 Å². The Labute approximate surface area is 167 Å². The monoisotopic (exact) mass is 396 g/mol. The molecular weight excluding hydrogens is 376 g/mol. The van der Waals surface area contributed by atoms with E-state index in [1.54, 1.807) is 6.92 Å². The minimum absolute atomic E-state index is 0.135. The number of rotatable bonds is 5. The summed E-state index contributed by atoms with van der Waals surface area (Å²) in [5.41, 5.74) is 6.61. The van der Waals surface area contributed by atoms with Crippen molar-refractivity contribution < 1.29 is 0 Å². The number of aromatic amines is 1. The third-order valence-electron chi connectivity index (χ3n) is 3.98. The molecule has 0 saturated carbocycles. The quantitative estimate of drug-likeness (QED) is 0.389. The van der Waals surface area contributed by atoms with Crippen molar-refractivity contribution in [1.29, 1.82) is 0 Å². The fourth-order valence-electron chi connectivity index (χ4n) is 2.67. The van der Waals surface area contributed by atoms with E-state index in [2.05, 4.69) is 27.8 Å². The first-order valence-corrected chi connectivity index (χ1v) is 9.84. The van der Waals surface area contributed by atoms with Crippen molar-refractivity contribution in [1.82, 2.24) is 15.2 Å². The Hall–Kier alpha value is -2.64. The zero-order valence-corrected chi connectivity index (χ0v) is 16.7. The minimum Gasteiger partial charge on any atom is -0.295 e. The predicted molar refractivity (Wildman–Crippen MR) is 117 cm³/mol. The van der Waals surface area contributed by atoms with Gasteiger partial charge in [0.15, 0.2) is 4.32 Å². The molecule has 1 aromatic heterocycles. The highest BCUT2D eigenvalue weighted by Gasteiger charge is 2.15. The minimum atomic E-state index is -0.135. The van der Waals surface area contributed by atoms with Crippen molar-refractivity contribution in [3.05, 3.63) is 87.8 Å². The molecule has 0 fully saturated rings. The lowest BCUT2D eigenvalue weighted by atomic mass is 10.2. The van der Waals surface area contributed by atoms with Crippen molar-refractivity contribution in [2.75, 3.05) is 0 Å². The lowest BCUT2D eigenvalue weighted by Gasteiger charge is -2.04. The molecule has 2 N–H and O–H groups in total. The van der Waals surface area contributed by atoms with E-state index >= 15 is 0 Å². The molecule has 0 spiro atoms. The average molecular weight is 397 g/mol. The molecule has 7 heteroatoms. The van der Waals surface area contributed by atoms with Gasteiger partial charge in [-0.1, -0.05) is 72.5 Å². The third-order valence-corrected chi connectivity index (χ3v) is 5.25. The number of hydrogen-bond acceptors (Lipinski definition) is 4. The van der Waals surface area contributed by atoms with Gasteiger partial charge in [0.2, 0.25) is 0 Å². The molecule has 0 saturated heterocycles. The number of thioether (sulfide) groups is 1. The number of hydrogen-bond donors (Lipinski definition) is 2. The second-order valence-electron chi connectivity index (χ2n) is 5.96. The van der Waals surface area contributed by atoms with Gasteiger partial charge in [0.05, 0.1) is 17.0 Å². The number of nitrogens with one attached hydrogen (secondary N) is 2. The molecule has 2 aromatic carbocycles. The standard InChI is InChI=1S/C20H20N4OS2/c1-14(21-22-20(26)27-13-16-9-5-3-6-10-16)18-15(2)23-24(19(18)25)17-11-7-4-8-12-17/h3-12,23H,13H2,1-2H3,(H,22,26)/b21-14+. The Morgan fingerprint density at radius 2 is 1.78 bits per heavy atom. The summed E-state index contributed by atoms with van der Waals surface area (Å²) in [7, 11) is 0. The van der Waals surface area contributed by atoms with Gasteiger partial charge in [0.1, 0.15) is 0 Å². The SMILES string of the molecule is C/C(=N\NC(=S)SCc1ccccc1)c1c(C)[nH]n(-c2ccccc2)c1=O. The highest BCUT2D eigenvalue weighted by Crippen LogP contribution is 2.13. The van der Waals surface area contributed by atoms with Crippen LogP contribution < -0.4 is 11.0 Å². The largest absolute Gasteiger partial charge is 0.295 e. The van der Waals surface area contributed by atoms with Crippen LogP contribution in [0.3, 0.4) is 0 Å². The van der Waals surface area contributed by atoms with Gasteiger partial charge in [-0.15, -0.1) is 0 Å². The number of nitrogens with zero attached hydrogens (tertiary/aromatic N) is 2. The van der Waals surface area contributed by atoms with Crippen LogP contribution in [0.15, 0.2) is 70.6 Å². The first-order valence-electron chi connectivity index (χ1n) is 8.44. The van der Waals surface area contributed by atoms with Gasteiger partial charge in [-0.25, -0.2) is 4.68 Å². The van der Waals surface area contributed by atoms with Gasteiger partial charge in [0, 0.05) is 11.4 Å². The molecular formula is C20H20N4OS2. The zero-order valence-electron chi connectivity index (χ0n) is 15.1. The molecule has 3 rings (SSSR count). The number of aromatic nitrogens is 2. The van der Waals surface area contributed by atoms with Crippen LogP contribution in [0, 0.1) is 6.92 Å². The molecule has 0 unspecified atom stereocenters. The van der Waals surface area contributed by atoms with E-state index in [0.717, 1.165) is 17.1 Å². The molecule has 5 nitrogen and oxygen atoms in total. The van der Waals surface area contributed by atoms with E-state index in [4.69, 9.17) is 12.2 Å². The number of aryl methyl sites for hydroxylation is 1. The van der Waals surface area contributed by atoms with Crippen LogP contribution in [0.2, 0.25) is 0 Å². The first-order chi connectivity index (χ1) is 13.1. The van der Waals surface area contributed by atoms with Gasteiger partial charge in [-0.2, -0.15) is 5.10 Å². The molecule has 0 atom stereocenters. The first kappa shape index (κ1) is 19.1. The van der Waals surface area contributed by atoms with Crippen LogP contribution in [-0.4, -0.2) is 19.8 Å². The van der Waals surface area contributed by atoms with Crippen molar-refractivity contribution in [2.45, 2.75) is 19.6 Å². The van der Waals surface area contributed by atoms with Crippen LogP contribution in [0.25, 0.3) is 5.69 Å². The highest BCUT2D eigenvalue weighted by atomic mass is 32.2. The van der Waals surface area contributed by atoms with Crippen LogP contribution in [0.4, 0.5) is 0 Å². The van der Waals surface area contributed by atoms with Crippen molar-refractivity contribution in [2.24, 2.45) is 5.10 Å². The topological polar surface area (TPSA) is 62.2 Å². The number of hydrazone groups is 1. The summed E-state index contributed by atoms with van der Waals surface area (Å²) in [5.74, 6) is 0.769. The summed E-state index contributed by atoms with van der Waals surface area (Å²) in [4.78, 5) is 12.8. The lowest BCUT2D eigenvalue weighted by molar-refractivity contribution is 0.835. The number of thiocarbonyl (C=S) groups is 1. The predicted octanol–water partition coefficient (Wildman–Crippen LogP) is 4.01. The smallest absolute Gasteiger partial charge is 0.280 e. The third kappa shape index (κ3) is 4.75. The molecule has 1 heterocycles. The van der Waals surface area contributed by atoms with Gasteiger partial charge in [-0.05, 0) is 31.5 Å². The maximum absolute atomic E-state index is 12.8. The lowest BCUT2D eigenvalue weighted by Crippen LogP contribution is -2.21. The van der Waals surface area contributed by atoms with Gasteiger partial charge in [0.25, 0.3) is 5.56 Å². The van der Waals surface area contributed by atoms with Crippen LogP contribution in [0.1, 0.15) is 23.7 Å². The number of para-hydroxylation sites is 1. The Balaban J connectivity index is 1.70. The van der Waals surface area contributed by atoms with Crippen molar-refractivity contribution >= 4 is 34.0 Å². The Kier molecular flexibility index (Phi) is 6.26. The number of benzene rings is 2. The Morgan fingerprint density at radius 3 is 2.44 bits per heavy atom. The summed E-state index contributed by atoms with van der Waals surface area (Å²) in [6.07, 6.45) is 0. The van der Waals surface area contributed by atoms with E-state index in [9.17, 15) is 4.79 Å². The van der Waals surface area contributed by atoms with Gasteiger partial charge >= 0.3 is 0 Å². The maximum Gasteiger partial charge on any atom is 0.280 e. The van der Waals surface area contributed by atoms with E-state index in [1.807, 2.05) is 55.5 Å². The zero-order chi connectivity index (χ0) is 19.2. The van der Waals surface area contributed by atoms with Gasteiger partial charge < -0.3 is 0 Å². The van der Waals surface area contributed by atoms with Crippen LogP contribution in [0.5, 0.6) is 0 Å². The summed E-state index contributed by atoms with van der Waals surface area (Å²) in [6, 6.07) is 19.5. The molecule has 138 valence electrons. The Morgan fingerprint density at radius 1 is 1.15 bits per heavy atom. The van der Waals surface area contributed by atoms with E-state index in [1.165, 1.54) is 22.0 Å². The Bertz CT molecular complexity index is 1010. The van der Waals surface area contributed by atoms with Gasteiger partial charge in [-0.3, -0.25) is 15.3 Å². The highest BCUT2D eigenvalue weighted by molar-refractivity contribution is 8.22. The maximum atomic E-state index is 12.8. The fraction of sp³-hybridized carbons (Fsp3) is 0.150. The second-order valence-corrected chi connectivity index (χ2v) is 7.61. The second kappa shape index (κ2) is 8.83. The van der Waals surface area contributed by atoms with E-state index in [0.29, 0.717) is 15.6 Å². The van der Waals surface area contributed by atoms with Crippen LogP contribution in [-0.2, 0) is 5.75 Å². The van der Waals surface area contributed by atoms with Crippen molar-refractivity contribution in [3.63, 3.8) is 0 Å². The molecule has 27 heavy (non-hydrogen) atoms. The molecule has 0 aliphatic rings. The molecule has 0 aliphatic carbocycles. The summed E-state index contributed by atoms with van der Waals surface area (Å²) < 4.78 is 2.08. The van der Waals surface area contributed by atoms with Crippen LogP contribution >= 0.6 is 24.0 Å². The molecule has 0 radical (unpaired) electrons. The summed E-state index contributed by atoms with van der Waals surface area (Å²) >= 11 is 6.82. The number of H-pyrrole nitrogens is 1. The van der Waals surface area contributed by atoms with E-state index < -0.39 is 0 Å². The molecule has 0 amide bonds. The molecule has 0 aliphatic heterocycles. The summed E-state index contributed by atoms with van der Waals surface area (Å²) in [6.45, 7) is 3.65. The normalized spacial score (nSPS) is 11.4. The molecule has 3 aromatic rings. The fourth-order valence-corrected chi connectivity index (χ4v) is 3.50. The molecule has 0 bridgehead atoms.